The van der Waals surface area contributed by atoms with Gasteiger partial charge in [0.15, 0.2) is 0 Å². The summed E-state index contributed by atoms with van der Waals surface area (Å²) in [5, 5.41) is 10.1. The van der Waals surface area contributed by atoms with Crippen LogP contribution in [0.25, 0.3) is 0 Å². The average Bonchev–Trinajstić information content (AvgIpc) is 2.85. The Kier molecular flexibility index (Phi) is 2.59. The van der Waals surface area contributed by atoms with Crippen LogP contribution in [0.1, 0.15) is 37.8 Å². The highest BCUT2D eigenvalue weighted by atomic mass is 16.5. The number of hydrogen-bond acceptors (Lipinski definition) is 3. The van der Waals surface area contributed by atoms with E-state index in [2.05, 4.69) is 6.58 Å². The molecule has 1 aromatic heterocycles. The summed E-state index contributed by atoms with van der Waals surface area (Å²) in [6, 6.07) is 0. The zero-order chi connectivity index (χ0) is 12.8. The molecule has 0 unspecified atom stereocenters. The van der Waals surface area contributed by atoms with Crippen molar-refractivity contribution in [3.8, 4) is 5.88 Å². The van der Waals surface area contributed by atoms with E-state index in [0.717, 1.165) is 25.7 Å². The Labute approximate surface area is 105 Å². The second-order valence-electron chi connectivity index (χ2n) is 5.08. The third kappa shape index (κ3) is 1.40. The largest absolute Gasteiger partial charge is 0.493 e. The maximum atomic E-state index is 12.4. The van der Waals surface area contributed by atoms with Crippen molar-refractivity contribution in [1.82, 2.24) is 9.13 Å². The van der Waals surface area contributed by atoms with Gasteiger partial charge in [-0.3, -0.25) is 9.13 Å². The molecule has 0 amide bonds. The van der Waals surface area contributed by atoms with E-state index < -0.39 is 5.72 Å². The van der Waals surface area contributed by atoms with E-state index in [1.165, 1.54) is 11.0 Å². The molecule has 3 rings (SSSR count). The Balaban J connectivity index is 2.13. The van der Waals surface area contributed by atoms with E-state index in [1.807, 2.05) is 0 Å². The second-order valence-corrected chi connectivity index (χ2v) is 5.08. The van der Waals surface area contributed by atoms with E-state index in [4.69, 9.17) is 4.74 Å². The van der Waals surface area contributed by atoms with Gasteiger partial charge in [-0.25, -0.2) is 4.79 Å². The van der Waals surface area contributed by atoms with Crippen molar-refractivity contribution in [2.75, 3.05) is 0 Å². The lowest BCUT2D eigenvalue weighted by molar-refractivity contribution is -0.109. The molecule has 18 heavy (non-hydrogen) atoms. The van der Waals surface area contributed by atoms with Crippen molar-refractivity contribution < 1.29 is 9.84 Å². The summed E-state index contributed by atoms with van der Waals surface area (Å²) in [6.07, 6.45) is 6.66. The fourth-order valence-corrected chi connectivity index (χ4v) is 3.16. The number of rotatable bonds is 2. The molecule has 2 heterocycles. The van der Waals surface area contributed by atoms with Gasteiger partial charge in [-0.1, -0.05) is 12.5 Å². The molecule has 5 nitrogen and oxygen atoms in total. The van der Waals surface area contributed by atoms with Crippen molar-refractivity contribution >= 4 is 0 Å². The molecule has 1 aliphatic heterocycles. The lowest BCUT2D eigenvalue weighted by Crippen LogP contribution is -2.41. The molecule has 1 N–H and O–H groups in total. The minimum atomic E-state index is -0.505. The number of hydrogen-bond donors (Lipinski definition) is 1. The molecule has 0 atom stereocenters. The molecule has 5 heteroatoms. The number of aromatic nitrogens is 2. The van der Waals surface area contributed by atoms with Crippen LogP contribution in [0, 0.1) is 0 Å². The summed E-state index contributed by atoms with van der Waals surface area (Å²) in [7, 11) is 0. The van der Waals surface area contributed by atoms with Gasteiger partial charge in [0, 0.05) is 6.54 Å². The first kappa shape index (κ1) is 11.6. The first-order valence-electron chi connectivity index (χ1n) is 6.48. The van der Waals surface area contributed by atoms with Gasteiger partial charge < -0.3 is 9.84 Å². The number of nitrogens with zero attached hydrogens (tertiary/aromatic N) is 2. The lowest BCUT2D eigenvalue weighted by Gasteiger charge is -2.33. The zero-order valence-electron chi connectivity index (χ0n) is 10.4. The van der Waals surface area contributed by atoms with Crippen LogP contribution in [0.15, 0.2) is 17.4 Å². The molecular formula is C13H18N2O3. The maximum absolute atomic E-state index is 12.4. The maximum Gasteiger partial charge on any atom is 0.334 e. The van der Waals surface area contributed by atoms with Gasteiger partial charge in [0.2, 0.25) is 5.88 Å². The van der Waals surface area contributed by atoms with Crippen molar-refractivity contribution in [3.05, 3.63) is 28.8 Å². The molecule has 1 saturated carbocycles. The molecule has 0 radical (unpaired) electrons. The first-order chi connectivity index (χ1) is 8.69. The summed E-state index contributed by atoms with van der Waals surface area (Å²) >= 11 is 0. The topological polar surface area (TPSA) is 56.4 Å². The molecule has 0 bridgehead atoms. The van der Waals surface area contributed by atoms with Crippen LogP contribution in [0.5, 0.6) is 5.88 Å². The van der Waals surface area contributed by atoms with Crippen LogP contribution in [0.3, 0.4) is 0 Å². The molecule has 0 aromatic carbocycles. The summed E-state index contributed by atoms with van der Waals surface area (Å²) in [4.78, 5) is 12.4. The van der Waals surface area contributed by atoms with Crippen molar-refractivity contribution in [1.29, 1.82) is 0 Å². The van der Waals surface area contributed by atoms with Gasteiger partial charge >= 0.3 is 5.69 Å². The smallest absolute Gasteiger partial charge is 0.334 e. The van der Waals surface area contributed by atoms with Crippen LogP contribution in [0.2, 0.25) is 0 Å². The van der Waals surface area contributed by atoms with E-state index in [1.54, 1.807) is 10.6 Å². The predicted octanol–water partition coefficient (Wildman–Crippen LogP) is 1.69. The Morgan fingerprint density at radius 1 is 1.39 bits per heavy atom. The van der Waals surface area contributed by atoms with Gasteiger partial charge in [-0.15, -0.1) is 6.58 Å². The highest BCUT2D eigenvalue weighted by Gasteiger charge is 2.44. The van der Waals surface area contributed by atoms with Crippen LogP contribution in [-0.4, -0.2) is 14.2 Å². The van der Waals surface area contributed by atoms with Crippen molar-refractivity contribution in [2.24, 2.45) is 0 Å². The standard InChI is InChI=1S/C13H18N2O3/c1-2-8-14-11(16)10-9-18-13(15(10)12(14)17)6-4-3-5-7-13/h2,16H,1,3-9H2. The number of fused-ring (bicyclic) bond motifs is 2. The second kappa shape index (κ2) is 4.02. The fourth-order valence-electron chi connectivity index (χ4n) is 3.16. The summed E-state index contributed by atoms with van der Waals surface area (Å²) in [5.41, 5.74) is -0.0697. The summed E-state index contributed by atoms with van der Waals surface area (Å²) in [6.45, 7) is 4.27. The molecule has 2 aliphatic rings. The number of ether oxygens (including phenoxy) is 1. The van der Waals surface area contributed by atoms with Gasteiger partial charge in [0.1, 0.15) is 11.4 Å². The minimum absolute atomic E-state index is 0.0300. The predicted molar refractivity (Wildman–Crippen MR) is 66.4 cm³/mol. The molecule has 1 spiro atoms. The van der Waals surface area contributed by atoms with Crippen LogP contribution in [0.4, 0.5) is 0 Å². The normalized spacial score (nSPS) is 21.1. The third-order valence-electron chi connectivity index (χ3n) is 4.04. The molecule has 0 saturated heterocycles. The molecule has 1 fully saturated rings. The first-order valence-corrected chi connectivity index (χ1v) is 6.48. The minimum Gasteiger partial charge on any atom is -0.493 e. The van der Waals surface area contributed by atoms with Crippen LogP contribution in [-0.2, 0) is 23.6 Å². The average molecular weight is 250 g/mol. The molecule has 1 aliphatic carbocycles. The molecule has 98 valence electrons. The zero-order valence-corrected chi connectivity index (χ0v) is 10.4. The van der Waals surface area contributed by atoms with E-state index >= 15 is 0 Å². The molecule has 1 aromatic rings. The van der Waals surface area contributed by atoms with Crippen LogP contribution < -0.4 is 5.69 Å². The number of allylic oxidation sites excluding steroid dienone is 1. The van der Waals surface area contributed by atoms with E-state index in [9.17, 15) is 9.90 Å². The fraction of sp³-hybridized carbons (Fsp3) is 0.615. The lowest BCUT2D eigenvalue weighted by atomic mass is 9.91. The highest BCUT2D eigenvalue weighted by molar-refractivity contribution is 5.24. The van der Waals surface area contributed by atoms with Gasteiger partial charge in [0.05, 0.1) is 6.61 Å². The summed E-state index contributed by atoms with van der Waals surface area (Å²) < 4.78 is 8.88. The molecular weight excluding hydrogens is 232 g/mol. The number of aromatic hydroxyl groups is 1. The Morgan fingerprint density at radius 2 is 2.11 bits per heavy atom. The number of imidazole rings is 1. The van der Waals surface area contributed by atoms with Crippen molar-refractivity contribution in [2.45, 2.75) is 51.0 Å². The Morgan fingerprint density at radius 3 is 2.78 bits per heavy atom. The van der Waals surface area contributed by atoms with E-state index in [-0.39, 0.29) is 11.6 Å². The van der Waals surface area contributed by atoms with Gasteiger partial charge in [0.25, 0.3) is 0 Å². The third-order valence-corrected chi connectivity index (χ3v) is 4.04. The monoisotopic (exact) mass is 250 g/mol. The quantitative estimate of drug-likeness (QED) is 0.813. The Bertz CT molecular complexity index is 535. The van der Waals surface area contributed by atoms with Gasteiger partial charge in [-0.05, 0) is 25.7 Å². The van der Waals surface area contributed by atoms with Gasteiger partial charge in [-0.2, -0.15) is 0 Å². The Hall–Kier alpha value is -1.49. The van der Waals surface area contributed by atoms with Crippen molar-refractivity contribution in [3.63, 3.8) is 0 Å². The van der Waals surface area contributed by atoms with Crippen LogP contribution >= 0.6 is 0 Å². The summed E-state index contributed by atoms with van der Waals surface area (Å²) in [5.74, 6) is 0.0300. The highest BCUT2D eigenvalue weighted by Crippen LogP contribution is 2.42. The SMILES string of the molecule is C=CCn1c(O)c2n(c1=O)C1(CCCCC1)OC2. The van der Waals surface area contributed by atoms with E-state index in [0.29, 0.717) is 18.8 Å².